The molecule has 2 rings (SSSR count). The summed E-state index contributed by atoms with van der Waals surface area (Å²) in [5.41, 5.74) is 7.73. The molecule has 2 aromatic rings. The van der Waals surface area contributed by atoms with Gasteiger partial charge in [-0.05, 0) is 36.4 Å². The molecule has 0 aliphatic carbocycles. The Morgan fingerprint density at radius 1 is 1.22 bits per heavy atom. The van der Waals surface area contributed by atoms with Gasteiger partial charge >= 0.3 is 0 Å². The zero-order valence-corrected chi connectivity index (χ0v) is 10.0. The number of benzene rings is 2. The number of nitriles is 1. The standard InChI is InChI=1S/C13H9ClFN3/c14-11-5-9(15)2-4-13(11)18-10-3-1-8(7-16)12(17)6-10/h1-6,18H,17H2. The highest BCUT2D eigenvalue weighted by Gasteiger charge is 2.04. The van der Waals surface area contributed by atoms with Crippen molar-refractivity contribution in [3.8, 4) is 6.07 Å². The van der Waals surface area contributed by atoms with Crippen molar-refractivity contribution in [1.29, 1.82) is 5.26 Å². The van der Waals surface area contributed by atoms with Crippen LogP contribution in [0.2, 0.25) is 5.02 Å². The Morgan fingerprint density at radius 2 is 2.00 bits per heavy atom. The fourth-order valence-corrected chi connectivity index (χ4v) is 1.70. The molecule has 90 valence electrons. The Morgan fingerprint density at radius 3 is 2.61 bits per heavy atom. The smallest absolute Gasteiger partial charge is 0.124 e. The Kier molecular flexibility index (Phi) is 3.35. The summed E-state index contributed by atoms with van der Waals surface area (Å²) in [6, 6.07) is 11.0. The van der Waals surface area contributed by atoms with E-state index in [2.05, 4.69) is 5.32 Å². The van der Waals surface area contributed by atoms with Gasteiger partial charge in [0.05, 0.1) is 22.0 Å². The fraction of sp³-hybridized carbons (Fsp3) is 0. The molecule has 0 saturated carbocycles. The Bertz CT molecular complexity index is 635. The number of nitrogen functional groups attached to an aromatic ring is 1. The number of halogens is 2. The Balaban J connectivity index is 2.29. The number of rotatable bonds is 2. The van der Waals surface area contributed by atoms with Crippen LogP contribution in [-0.2, 0) is 0 Å². The maximum Gasteiger partial charge on any atom is 0.124 e. The maximum atomic E-state index is 12.9. The molecule has 0 bridgehead atoms. The quantitative estimate of drug-likeness (QED) is 0.811. The molecule has 0 fully saturated rings. The summed E-state index contributed by atoms with van der Waals surface area (Å²) >= 11 is 5.89. The van der Waals surface area contributed by atoms with Crippen LogP contribution in [0.3, 0.4) is 0 Å². The van der Waals surface area contributed by atoms with E-state index in [-0.39, 0.29) is 5.02 Å². The molecule has 0 aliphatic rings. The van der Waals surface area contributed by atoms with Gasteiger partial charge in [-0.2, -0.15) is 5.26 Å². The third kappa shape index (κ3) is 2.53. The topological polar surface area (TPSA) is 61.8 Å². The van der Waals surface area contributed by atoms with Crippen LogP contribution in [0.4, 0.5) is 21.5 Å². The van der Waals surface area contributed by atoms with Crippen LogP contribution in [0.1, 0.15) is 5.56 Å². The lowest BCUT2D eigenvalue weighted by molar-refractivity contribution is 0.628. The molecule has 3 N–H and O–H groups in total. The zero-order chi connectivity index (χ0) is 13.1. The first-order valence-corrected chi connectivity index (χ1v) is 5.49. The molecule has 3 nitrogen and oxygen atoms in total. The average molecular weight is 262 g/mol. The van der Waals surface area contributed by atoms with Gasteiger partial charge in [0.15, 0.2) is 0 Å². The van der Waals surface area contributed by atoms with E-state index in [1.807, 2.05) is 6.07 Å². The third-order valence-corrected chi connectivity index (χ3v) is 2.69. The van der Waals surface area contributed by atoms with Gasteiger partial charge in [0.2, 0.25) is 0 Å². The van der Waals surface area contributed by atoms with Crippen molar-refractivity contribution in [3.05, 3.63) is 52.8 Å². The highest BCUT2D eigenvalue weighted by molar-refractivity contribution is 6.33. The van der Waals surface area contributed by atoms with Crippen LogP contribution in [0.25, 0.3) is 0 Å². The second kappa shape index (κ2) is 4.94. The van der Waals surface area contributed by atoms with Crippen LogP contribution < -0.4 is 11.1 Å². The van der Waals surface area contributed by atoms with E-state index >= 15 is 0 Å². The lowest BCUT2D eigenvalue weighted by Gasteiger charge is -2.09. The molecule has 5 heteroatoms. The van der Waals surface area contributed by atoms with Gasteiger partial charge in [0.1, 0.15) is 11.9 Å². The second-order valence-corrected chi connectivity index (χ2v) is 4.07. The summed E-state index contributed by atoms with van der Waals surface area (Å²) in [5.74, 6) is -0.398. The molecule has 2 aromatic carbocycles. The van der Waals surface area contributed by atoms with E-state index in [4.69, 9.17) is 22.6 Å². The maximum absolute atomic E-state index is 12.9. The van der Waals surface area contributed by atoms with Crippen molar-refractivity contribution in [1.82, 2.24) is 0 Å². The minimum absolute atomic E-state index is 0.276. The first-order valence-electron chi connectivity index (χ1n) is 5.12. The molecular weight excluding hydrogens is 253 g/mol. The highest BCUT2D eigenvalue weighted by atomic mass is 35.5. The summed E-state index contributed by atoms with van der Waals surface area (Å²) in [4.78, 5) is 0. The van der Waals surface area contributed by atoms with E-state index in [0.29, 0.717) is 22.6 Å². The summed E-state index contributed by atoms with van der Waals surface area (Å²) in [7, 11) is 0. The van der Waals surface area contributed by atoms with Crippen molar-refractivity contribution < 1.29 is 4.39 Å². The van der Waals surface area contributed by atoms with E-state index in [1.165, 1.54) is 18.2 Å². The summed E-state index contributed by atoms with van der Waals surface area (Å²) in [6.45, 7) is 0. The van der Waals surface area contributed by atoms with Gasteiger partial charge < -0.3 is 11.1 Å². The number of nitrogens with zero attached hydrogens (tertiary/aromatic N) is 1. The van der Waals surface area contributed by atoms with E-state index in [9.17, 15) is 4.39 Å². The molecule has 0 amide bonds. The first-order chi connectivity index (χ1) is 8.60. The van der Waals surface area contributed by atoms with Crippen LogP contribution in [0.5, 0.6) is 0 Å². The van der Waals surface area contributed by atoms with E-state index in [1.54, 1.807) is 18.2 Å². The fourth-order valence-electron chi connectivity index (χ4n) is 1.49. The van der Waals surface area contributed by atoms with E-state index in [0.717, 1.165) is 0 Å². The summed E-state index contributed by atoms with van der Waals surface area (Å²) in [6.07, 6.45) is 0. The molecule has 18 heavy (non-hydrogen) atoms. The van der Waals surface area contributed by atoms with Crippen molar-refractivity contribution >= 4 is 28.7 Å². The Labute approximate surface area is 109 Å². The largest absolute Gasteiger partial charge is 0.398 e. The monoisotopic (exact) mass is 261 g/mol. The molecule has 0 aliphatic heterocycles. The molecule has 0 atom stereocenters. The van der Waals surface area contributed by atoms with Crippen molar-refractivity contribution in [2.75, 3.05) is 11.1 Å². The Hall–Kier alpha value is -2.25. The van der Waals surface area contributed by atoms with Gasteiger partial charge in [-0.3, -0.25) is 0 Å². The molecular formula is C13H9ClFN3. The predicted molar refractivity (Wildman–Crippen MR) is 70.3 cm³/mol. The highest BCUT2D eigenvalue weighted by Crippen LogP contribution is 2.27. The minimum Gasteiger partial charge on any atom is -0.398 e. The predicted octanol–water partition coefficient (Wildman–Crippen LogP) is 3.68. The molecule has 0 unspecified atom stereocenters. The van der Waals surface area contributed by atoms with Crippen molar-refractivity contribution in [2.45, 2.75) is 0 Å². The third-order valence-electron chi connectivity index (χ3n) is 2.38. The lowest BCUT2D eigenvalue weighted by atomic mass is 10.1. The average Bonchev–Trinajstić information content (AvgIpc) is 2.33. The normalized spacial score (nSPS) is 9.83. The van der Waals surface area contributed by atoms with Crippen LogP contribution in [0, 0.1) is 17.1 Å². The van der Waals surface area contributed by atoms with Gasteiger partial charge in [-0.1, -0.05) is 11.6 Å². The van der Waals surface area contributed by atoms with Crippen LogP contribution >= 0.6 is 11.6 Å². The minimum atomic E-state index is -0.398. The number of nitrogens with two attached hydrogens (primary N) is 1. The molecule has 0 spiro atoms. The SMILES string of the molecule is N#Cc1ccc(Nc2ccc(F)cc2Cl)cc1N. The van der Waals surface area contributed by atoms with Gasteiger partial charge in [0.25, 0.3) is 0 Å². The first kappa shape index (κ1) is 12.2. The van der Waals surface area contributed by atoms with Crippen molar-refractivity contribution in [2.24, 2.45) is 0 Å². The second-order valence-electron chi connectivity index (χ2n) is 3.66. The van der Waals surface area contributed by atoms with Crippen molar-refractivity contribution in [3.63, 3.8) is 0 Å². The van der Waals surface area contributed by atoms with Gasteiger partial charge in [-0.25, -0.2) is 4.39 Å². The zero-order valence-electron chi connectivity index (χ0n) is 9.24. The number of hydrogen-bond donors (Lipinski definition) is 2. The van der Waals surface area contributed by atoms with Gasteiger partial charge in [0, 0.05) is 5.69 Å². The lowest BCUT2D eigenvalue weighted by Crippen LogP contribution is -1.95. The summed E-state index contributed by atoms with van der Waals surface area (Å²) < 4.78 is 12.9. The molecule has 0 heterocycles. The molecule has 0 aromatic heterocycles. The van der Waals surface area contributed by atoms with Gasteiger partial charge in [-0.15, -0.1) is 0 Å². The number of hydrogen-bond acceptors (Lipinski definition) is 3. The number of anilines is 3. The molecule has 0 saturated heterocycles. The van der Waals surface area contributed by atoms with E-state index < -0.39 is 5.82 Å². The summed E-state index contributed by atoms with van der Waals surface area (Å²) in [5, 5.41) is 12.0. The van der Waals surface area contributed by atoms with Crippen LogP contribution in [-0.4, -0.2) is 0 Å². The molecule has 0 radical (unpaired) electrons. The number of nitrogens with one attached hydrogen (secondary N) is 1. The van der Waals surface area contributed by atoms with Crippen LogP contribution in [0.15, 0.2) is 36.4 Å².